The second kappa shape index (κ2) is 10.9. The van der Waals surface area contributed by atoms with Crippen LogP contribution >= 0.6 is 34.5 Å². The Morgan fingerprint density at radius 3 is 2.45 bits per heavy atom. The third-order valence-corrected chi connectivity index (χ3v) is 8.07. The van der Waals surface area contributed by atoms with Crippen LogP contribution in [0.5, 0.6) is 0 Å². The molecule has 38 heavy (non-hydrogen) atoms. The number of aromatic nitrogens is 4. The van der Waals surface area contributed by atoms with Gasteiger partial charge in [0.15, 0.2) is 5.13 Å². The van der Waals surface area contributed by atoms with Gasteiger partial charge in [-0.1, -0.05) is 34.5 Å². The van der Waals surface area contributed by atoms with Crippen molar-refractivity contribution < 1.29 is 19.1 Å². The summed E-state index contributed by atoms with van der Waals surface area (Å²) in [5, 5.41) is 13.3. The van der Waals surface area contributed by atoms with Crippen LogP contribution in [0.25, 0.3) is 11.4 Å². The van der Waals surface area contributed by atoms with E-state index in [2.05, 4.69) is 25.3 Å². The smallest absolute Gasteiger partial charge is 0.348 e. The molecule has 0 aromatic carbocycles. The first kappa shape index (κ1) is 27.9. The average molecular weight is 585 g/mol. The average Bonchev–Trinajstić information content (AvgIpc) is 3.43. The number of H-pyrrole nitrogens is 1. The lowest BCUT2D eigenvalue weighted by molar-refractivity contribution is 0.0702. The Kier molecular flexibility index (Phi) is 8.00. The molecule has 3 aromatic heterocycles. The molecule has 0 bridgehead atoms. The molecule has 204 valence electrons. The van der Waals surface area contributed by atoms with Gasteiger partial charge in [-0.05, 0) is 13.3 Å². The maximum absolute atomic E-state index is 15.2. The van der Waals surface area contributed by atoms with E-state index in [9.17, 15) is 14.7 Å². The predicted octanol–water partition coefficient (Wildman–Crippen LogP) is 3.72. The monoisotopic (exact) mass is 584 g/mol. The molecule has 4 heterocycles. The number of hydrogen-bond acceptors (Lipinski definition) is 9. The van der Waals surface area contributed by atoms with Crippen LogP contribution < -0.4 is 20.0 Å². The number of rotatable bonds is 7. The van der Waals surface area contributed by atoms with Crippen LogP contribution in [0.4, 0.5) is 21.3 Å². The number of amides is 1. The minimum absolute atomic E-state index is 0.00687. The zero-order chi connectivity index (χ0) is 27.9. The molecule has 2 unspecified atom stereocenters. The summed E-state index contributed by atoms with van der Waals surface area (Å²) in [7, 11) is 7.21. The Bertz CT molecular complexity index is 1350. The molecule has 0 radical (unpaired) electrons. The van der Waals surface area contributed by atoms with Gasteiger partial charge in [0.05, 0.1) is 28.3 Å². The Balaban J connectivity index is 1.56. The SMILES string of the molecule is Cc1[nH]c(C(=O)NC2CCN(c3nc(-c4cc(N(C)C)nc(N(C)C)n4)c(C(=O)O)s3)CC2F)c(Cl)c1Cl. The first-order chi connectivity index (χ1) is 17.9. The van der Waals surface area contributed by atoms with E-state index < -0.39 is 24.1 Å². The molecule has 3 aromatic rings. The molecule has 1 aliphatic heterocycles. The third-order valence-electron chi connectivity index (χ3n) is 6.02. The Hall–Kier alpha value is -3.16. The second-order valence-corrected chi connectivity index (χ2v) is 11.0. The van der Waals surface area contributed by atoms with Gasteiger partial charge in [-0.15, -0.1) is 0 Å². The number of carbonyl (C=O) groups is 2. The van der Waals surface area contributed by atoms with Crippen molar-refractivity contribution in [3.8, 4) is 11.4 Å². The molecule has 0 spiro atoms. The fourth-order valence-electron chi connectivity index (χ4n) is 3.94. The number of carbonyl (C=O) groups excluding carboxylic acids is 1. The largest absolute Gasteiger partial charge is 0.477 e. The van der Waals surface area contributed by atoms with Gasteiger partial charge in [-0.3, -0.25) is 4.79 Å². The van der Waals surface area contributed by atoms with E-state index in [1.54, 1.807) is 41.8 Å². The predicted molar refractivity (Wildman–Crippen MR) is 147 cm³/mol. The van der Waals surface area contributed by atoms with Gasteiger partial charge in [-0.2, -0.15) is 4.98 Å². The first-order valence-electron chi connectivity index (χ1n) is 11.6. The summed E-state index contributed by atoms with van der Waals surface area (Å²) >= 11 is 13.1. The van der Waals surface area contributed by atoms with E-state index >= 15 is 4.39 Å². The maximum Gasteiger partial charge on any atom is 0.348 e. The van der Waals surface area contributed by atoms with Crippen LogP contribution in [-0.4, -0.2) is 90.4 Å². The van der Waals surface area contributed by atoms with Crippen molar-refractivity contribution in [2.24, 2.45) is 0 Å². The number of aromatic carboxylic acids is 1. The van der Waals surface area contributed by atoms with E-state index in [0.29, 0.717) is 34.8 Å². The highest BCUT2D eigenvalue weighted by Gasteiger charge is 2.34. The van der Waals surface area contributed by atoms with Crippen molar-refractivity contribution in [1.29, 1.82) is 0 Å². The molecular formula is C23H27Cl2FN8O3S. The number of aromatic amines is 1. The highest BCUT2D eigenvalue weighted by molar-refractivity contribution is 7.17. The molecule has 0 aliphatic carbocycles. The zero-order valence-electron chi connectivity index (χ0n) is 21.3. The molecule has 3 N–H and O–H groups in total. The maximum atomic E-state index is 15.2. The van der Waals surface area contributed by atoms with Crippen LogP contribution in [-0.2, 0) is 0 Å². The molecule has 15 heteroatoms. The van der Waals surface area contributed by atoms with Crippen LogP contribution in [0.3, 0.4) is 0 Å². The number of piperidine rings is 1. The van der Waals surface area contributed by atoms with E-state index in [1.165, 1.54) is 0 Å². The van der Waals surface area contributed by atoms with Gasteiger partial charge in [0.1, 0.15) is 28.3 Å². The van der Waals surface area contributed by atoms with Gasteiger partial charge in [0, 0.05) is 46.5 Å². The van der Waals surface area contributed by atoms with Crippen molar-refractivity contribution >= 4 is 63.3 Å². The summed E-state index contributed by atoms with van der Waals surface area (Å²) in [6, 6.07) is 0.903. The molecule has 2 atom stereocenters. The minimum atomic E-state index is -1.43. The topological polar surface area (TPSA) is 131 Å². The van der Waals surface area contributed by atoms with Gasteiger partial charge in [0.2, 0.25) is 5.95 Å². The Morgan fingerprint density at radius 2 is 1.89 bits per heavy atom. The highest BCUT2D eigenvalue weighted by Crippen LogP contribution is 2.36. The van der Waals surface area contributed by atoms with Gasteiger partial charge in [-0.25, -0.2) is 19.2 Å². The number of halogens is 3. The fraction of sp³-hybridized carbons (Fsp3) is 0.435. The number of alkyl halides is 1. The number of nitrogens with one attached hydrogen (secondary N) is 2. The molecule has 1 fully saturated rings. The van der Waals surface area contributed by atoms with Crippen molar-refractivity contribution in [1.82, 2.24) is 25.3 Å². The summed E-state index contributed by atoms with van der Waals surface area (Å²) in [5.41, 5.74) is 1.16. The first-order valence-corrected chi connectivity index (χ1v) is 13.2. The highest BCUT2D eigenvalue weighted by atomic mass is 35.5. The van der Waals surface area contributed by atoms with E-state index in [4.69, 9.17) is 23.2 Å². The molecular weight excluding hydrogens is 558 g/mol. The van der Waals surface area contributed by atoms with Crippen LogP contribution in [0, 0.1) is 6.92 Å². The Labute approximate surface area is 232 Å². The number of hydrogen-bond donors (Lipinski definition) is 3. The van der Waals surface area contributed by atoms with Crippen molar-refractivity contribution in [2.45, 2.75) is 25.6 Å². The van der Waals surface area contributed by atoms with Gasteiger partial charge < -0.3 is 30.1 Å². The van der Waals surface area contributed by atoms with Gasteiger partial charge in [0.25, 0.3) is 5.91 Å². The molecule has 1 saturated heterocycles. The second-order valence-electron chi connectivity index (χ2n) is 9.26. The lowest BCUT2D eigenvalue weighted by Gasteiger charge is -2.34. The number of aryl methyl sites for hydroxylation is 1. The lowest BCUT2D eigenvalue weighted by Crippen LogP contribution is -2.52. The number of nitrogens with zero attached hydrogens (tertiary/aromatic N) is 6. The molecule has 4 rings (SSSR count). The lowest BCUT2D eigenvalue weighted by atomic mass is 10.0. The van der Waals surface area contributed by atoms with E-state index in [-0.39, 0.29) is 39.3 Å². The summed E-state index contributed by atoms with van der Waals surface area (Å²) in [5.74, 6) is -0.719. The summed E-state index contributed by atoms with van der Waals surface area (Å²) in [6.07, 6.45) is -1.16. The minimum Gasteiger partial charge on any atom is -0.477 e. The number of carboxylic acid groups (broad SMARTS) is 1. The summed E-state index contributed by atoms with van der Waals surface area (Å²) in [4.78, 5) is 46.3. The van der Waals surface area contributed by atoms with Crippen LogP contribution in [0.15, 0.2) is 6.07 Å². The van der Waals surface area contributed by atoms with Gasteiger partial charge >= 0.3 is 5.97 Å². The van der Waals surface area contributed by atoms with E-state index in [0.717, 1.165) is 11.3 Å². The quantitative estimate of drug-likeness (QED) is 0.380. The molecule has 1 amide bonds. The Morgan fingerprint density at radius 1 is 1.18 bits per heavy atom. The molecule has 11 nitrogen and oxygen atoms in total. The van der Waals surface area contributed by atoms with Crippen molar-refractivity contribution in [2.75, 3.05) is 56.0 Å². The zero-order valence-corrected chi connectivity index (χ0v) is 23.7. The normalized spacial score (nSPS) is 17.4. The van der Waals surface area contributed by atoms with Crippen molar-refractivity contribution in [3.63, 3.8) is 0 Å². The van der Waals surface area contributed by atoms with Crippen molar-refractivity contribution in [3.05, 3.63) is 32.4 Å². The van der Waals surface area contributed by atoms with Crippen LogP contribution in [0.1, 0.15) is 32.3 Å². The standard InChI is InChI=1S/C23H27Cl2FN8O3S/c1-10-15(24)16(25)18(27-10)20(35)28-12-6-7-34(9-11(12)26)23-31-17(19(38-23)21(36)37)13-8-14(32(2)3)30-22(29-13)33(4)5/h8,11-12,27H,6-7,9H2,1-5H3,(H,28,35)(H,36,37). The third kappa shape index (κ3) is 5.49. The molecule has 1 aliphatic rings. The van der Waals surface area contributed by atoms with E-state index in [1.807, 2.05) is 14.1 Å². The fourth-order valence-corrected chi connectivity index (χ4v) is 5.31. The molecule has 0 saturated carbocycles. The number of carboxylic acids is 1. The van der Waals surface area contributed by atoms with Crippen LogP contribution in [0.2, 0.25) is 10.0 Å². The summed E-state index contributed by atoms with van der Waals surface area (Å²) < 4.78 is 15.2. The summed E-state index contributed by atoms with van der Waals surface area (Å²) in [6.45, 7) is 1.95. The number of thiazole rings is 1. The number of anilines is 3.